The van der Waals surface area contributed by atoms with Gasteiger partial charge in [0.2, 0.25) is 0 Å². The molecule has 0 heterocycles. The fraction of sp³-hybridized carbons (Fsp3) is 0.400. The van der Waals surface area contributed by atoms with Gasteiger partial charge in [-0.15, -0.1) is 0 Å². The van der Waals surface area contributed by atoms with Crippen LogP contribution in [0.3, 0.4) is 0 Å². The molecule has 0 amide bonds. The minimum Gasteiger partial charge on any atom is -0.496 e. The van der Waals surface area contributed by atoms with E-state index in [4.69, 9.17) is 21.9 Å². The summed E-state index contributed by atoms with van der Waals surface area (Å²) < 4.78 is 4.91. The first-order valence-corrected chi connectivity index (χ1v) is 10.2. The van der Waals surface area contributed by atoms with Gasteiger partial charge in [0, 0.05) is 45.0 Å². The van der Waals surface area contributed by atoms with Crippen LogP contribution in [0.4, 0.5) is 28.4 Å². The first-order valence-electron chi connectivity index (χ1n) is 10.2. The molecule has 184 valence electrons. The monoisotopic (exact) mass is 466 g/mol. The van der Waals surface area contributed by atoms with E-state index in [1.165, 1.54) is 19.2 Å². The Bertz CT molecular complexity index is 866. The second-order valence-corrected chi connectivity index (χ2v) is 6.22. The van der Waals surface area contributed by atoms with Crippen LogP contribution in [0.15, 0.2) is 36.4 Å². The molecule has 0 aromatic heterocycles. The van der Waals surface area contributed by atoms with Crippen molar-refractivity contribution in [1.29, 1.82) is 0 Å². The Morgan fingerprint density at radius 3 is 1.88 bits per heavy atom. The minimum absolute atomic E-state index is 0.0113. The Labute approximate surface area is 193 Å². The molecule has 0 saturated carbocycles. The number of anilines is 3. The third-order valence-electron chi connectivity index (χ3n) is 3.80. The highest BCUT2D eigenvalue weighted by atomic mass is 16.6. The minimum atomic E-state index is -0.457. The van der Waals surface area contributed by atoms with Crippen LogP contribution in [0, 0.1) is 20.2 Å². The fourth-order valence-corrected chi connectivity index (χ4v) is 2.37. The van der Waals surface area contributed by atoms with Gasteiger partial charge in [-0.25, -0.2) is 0 Å². The van der Waals surface area contributed by atoms with E-state index in [1.807, 2.05) is 6.92 Å². The molecule has 0 aliphatic heterocycles. The lowest BCUT2D eigenvalue weighted by atomic mass is 10.2. The number of nitro groups is 2. The average molecular weight is 467 g/mol. The molecule has 0 spiro atoms. The Morgan fingerprint density at radius 1 is 0.879 bits per heavy atom. The van der Waals surface area contributed by atoms with Crippen LogP contribution in [0.2, 0.25) is 0 Å². The van der Waals surface area contributed by atoms with E-state index in [1.54, 1.807) is 31.3 Å². The van der Waals surface area contributed by atoms with E-state index in [0.717, 1.165) is 6.54 Å². The van der Waals surface area contributed by atoms with Crippen molar-refractivity contribution in [2.45, 2.75) is 6.92 Å². The molecule has 33 heavy (non-hydrogen) atoms. The zero-order chi connectivity index (χ0) is 25.2. The lowest BCUT2D eigenvalue weighted by Crippen LogP contribution is -2.13. The summed E-state index contributed by atoms with van der Waals surface area (Å²) in [5, 5.41) is 30.1. The fourth-order valence-electron chi connectivity index (χ4n) is 2.37. The van der Waals surface area contributed by atoms with Gasteiger partial charge in [-0.2, -0.15) is 0 Å². The summed E-state index contributed by atoms with van der Waals surface area (Å²) >= 11 is 0. The second-order valence-electron chi connectivity index (χ2n) is 6.22. The molecule has 2 aromatic rings. The van der Waals surface area contributed by atoms with Crippen LogP contribution in [0.25, 0.3) is 0 Å². The molecule has 2 aromatic carbocycles. The van der Waals surface area contributed by atoms with E-state index in [2.05, 4.69) is 16.0 Å². The molecule has 0 bridgehead atoms. The Morgan fingerprint density at radius 2 is 1.39 bits per heavy atom. The largest absolute Gasteiger partial charge is 0.496 e. The molecule has 13 nitrogen and oxygen atoms in total. The van der Waals surface area contributed by atoms with Crippen molar-refractivity contribution in [2.24, 2.45) is 17.2 Å². The number of ether oxygens (including phenoxy) is 1. The number of benzene rings is 2. The summed E-state index contributed by atoms with van der Waals surface area (Å²) in [5.41, 5.74) is 17.2. The smallest absolute Gasteiger partial charge is 0.296 e. The number of nitro benzene ring substituents is 2. The molecule has 0 aliphatic rings. The maximum atomic E-state index is 10.7. The van der Waals surface area contributed by atoms with E-state index >= 15 is 0 Å². The summed E-state index contributed by atoms with van der Waals surface area (Å²) in [6.07, 6.45) is 0. The normalized spacial score (nSPS) is 9.39. The zero-order valence-electron chi connectivity index (χ0n) is 19.2. The Hall–Kier alpha value is -3.68. The number of methoxy groups -OCH3 is 1. The van der Waals surface area contributed by atoms with Crippen molar-refractivity contribution in [3.8, 4) is 5.75 Å². The van der Waals surface area contributed by atoms with Gasteiger partial charge >= 0.3 is 0 Å². The summed E-state index contributed by atoms with van der Waals surface area (Å²) in [6.45, 7) is 4.65. The van der Waals surface area contributed by atoms with Gasteiger partial charge in [-0.1, -0.05) is 6.92 Å². The number of hydrogen-bond donors (Lipinski definition) is 6. The van der Waals surface area contributed by atoms with Gasteiger partial charge in [0.1, 0.15) is 17.1 Å². The topological polar surface area (TPSA) is 210 Å². The summed E-state index contributed by atoms with van der Waals surface area (Å²) in [7, 11) is 3.11. The maximum Gasteiger partial charge on any atom is 0.296 e. The van der Waals surface area contributed by atoms with Crippen LogP contribution in [-0.2, 0) is 0 Å². The second kappa shape index (κ2) is 16.9. The van der Waals surface area contributed by atoms with Gasteiger partial charge in [0.05, 0.1) is 23.0 Å². The highest BCUT2D eigenvalue weighted by Gasteiger charge is 2.14. The van der Waals surface area contributed by atoms with Crippen LogP contribution in [0.1, 0.15) is 6.92 Å². The first kappa shape index (κ1) is 29.3. The number of nitrogens with zero attached hydrogens (tertiary/aromatic N) is 2. The molecule has 0 atom stereocenters. The number of hydrogen-bond acceptors (Lipinski definition) is 11. The van der Waals surface area contributed by atoms with E-state index in [9.17, 15) is 20.2 Å². The SMILES string of the molecule is CCN.CNc1ccc(NCCN)cc1[N+](=O)[O-].COc1ccc(NCCN)c([N+](=O)[O-])c1. The molecule has 0 fully saturated rings. The van der Waals surface area contributed by atoms with Crippen molar-refractivity contribution in [3.05, 3.63) is 56.6 Å². The van der Waals surface area contributed by atoms with E-state index in [0.29, 0.717) is 49.0 Å². The Balaban J connectivity index is 0.000000555. The average Bonchev–Trinajstić information content (AvgIpc) is 2.81. The highest BCUT2D eigenvalue weighted by Crippen LogP contribution is 2.29. The van der Waals surface area contributed by atoms with Crippen LogP contribution in [0.5, 0.6) is 5.75 Å². The van der Waals surface area contributed by atoms with Crippen molar-refractivity contribution in [2.75, 3.05) is 62.8 Å². The standard InChI is InChI=1S/C9H14N4O2.C9H13N3O3.C2H7N/c1-11-8-3-2-7(12-5-4-10)6-9(8)13(14)15;1-15-7-2-3-8(11-5-4-10)9(6-7)12(13)14;1-2-3/h2-3,6,11-12H,4-5,10H2,1H3;2-3,6,11H,4-5,10H2,1H3;2-3H2,1H3. The van der Waals surface area contributed by atoms with Crippen molar-refractivity contribution >= 4 is 28.4 Å². The molecule has 0 aliphatic carbocycles. The van der Waals surface area contributed by atoms with Crippen LogP contribution in [-0.4, -0.2) is 56.7 Å². The molecule has 0 radical (unpaired) electrons. The molecule has 2 rings (SSSR count). The molecular weight excluding hydrogens is 432 g/mol. The molecule has 9 N–H and O–H groups in total. The van der Waals surface area contributed by atoms with Gasteiger partial charge < -0.3 is 37.9 Å². The van der Waals surface area contributed by atoms with Crippen molar-refractivity contribution < 1.29 is 14.6 Å². The van der Waals surface area contributed by atoms with Gasteiger partial charge in [-0.05, 0) is 30.8 Å². The third-order valence-corrected chi connectivity index (χ3v) is 3.80. The maximum absolute atomic E-state index is 10.7. The van der Waals surface area contributed by atoms with Gasteiger partial charge in [0.25, 0.3) is 11.4 Å². The Kier molecular flexibility index (Phi) is 15.1. The third kappa shape index (κ3) is 11.0. The molecular formula is C20H34N8O5. The lowest BCUT2D eigenvalue weighted by Gasteiger charge is -2.06. The highest BCUT2D eigenvalue weighted by molar-refractivity contribution is 5.67. The van der Waals surface area contributed by atoms with E-state index < -0.39 is 9.85 Å². The quantitative estimate of drug-likeness (QED) is 0.220. The van der Waals surface area contributed by atoms with Crippen molar-refractivity contribution in [3.63, 3.8) is 0 Å². The lowest BCUT2D eigenvalue weighted by molar-refractivity contribution is -0.384. The number of rotatable bonds is 10. The van der Waals surface area contributed by atoms with Gasteiger partial charge in [-0.3, -0.25) is 20.2 Å². The van der Waals surface area contributed by atoms with Gasteiger partial charge in [0.15, 0.2) is 0 Å². The van der Waals surface area contributed by atoms with Crippen LogP contribution >= 0.6 is 0 Å². The summed E-state index contributed by atoms with van der Waals surface area (Å²) in [5.74, 6) is 0.458. The first-order chi connectivity index (χ1) is 15.8. The zero-order valence-corrected chi connectivity index (χ0v) is 19.2. The van der Waals surface area contributed by atoms with Crippen LogP contribution < -0.4 is 37.9 Å². The molecule has 0 saturated heterocycles. The molecule has 0 unspecified atom stereocenters. The summed E-state index contributed by atoms with van der Waals surface area (Å²) in [4.78, 5) is 20.6. The predicted octanol–water partition coefficient (Wildman–Crippen LogP) is 1.95. The van der Waals surface area contributed by atoms with Crippen molar-refractivity contribution in [1.82, 2.24) is 0 Å². The number of nitrogens with one attached hydrogen (secondary N) is 3. The van der Waals surface area contributed by atoms with E-state index in [-0.39, 0.29) is 11.4 Å². The molecule has 13 heteroatoms. The number of nitrogens with two attached hydrogens (primary N) is 3. The predicted molar refractivity (Wildman–Crippen MR) is 132 cm³/mol. The summed E-state index contributed by atoms with van der Waals surface area (Å²) in [6, 6.07) is 9.56.